The van der Waals surface area contributed by atoms with Crippen molar-refractivity contribution in [2.24, 2.45) is 5.14 Å². The lowest BCUT2D eigenvalue weighted by Gasteiger charge is -2.19. The van der Waals surface area contributed by atoms with Gasteiger partial charge in [0, 0.05) is 18.1 Å². The number of likely N-dealkylation sites (N-methyl/N-ethyl adjacent to an activating group) is 1. The van der Waals surface area contributed by atoms with E-state index in [-0.39, 0.29) is 17.2 Å². The third kappa shape index (κ3) is 4.36. The van der Waals surface area contributed by atoms with Gasteiger partial charge >= 0.3 is 0 Å². The van der Waals surface area contributed by atoms with E-state index in [4.69, 9.17) is 5.14 Å². The summed E-state index contributed by atoms with van der Waals surface area (Å²) >= 11 is 1.51. The quantitative estimate of drug-likeness (QED) is 0.860. The first kappa shape index (κ1) is 16.6. The Hall–Kier alpha value is -1.77. The van der Waals surface area contributed by atoms with Gasteiger partial charge < -0.3 is 4.90 Å². The molecule has 1 amide bonds. The number of rotatable bonds is 6. The van der Waals surface area contributed by atoms with E-state index in [0.29, 0.717) is 13.1 Å². The van der Waals surface area contributed by atoms with E-state index in [1.54, 1.807) is 23.2 Å². The van der Waals surface area contributed by atoms with Gasteiger partial charge in [-0.05, 0) is 24.6 Å². The molecule has 0 bridgehead atoms. The number of carbonyl (C=O) groups is 1. The largest absolute Gasteiger partial charge is 0.336 e. The Balaban J connectivity index is 2.03. The average molecular weight is 339 g/mol. The van der Waals surface area contributed by atoms with Gasteiger partial charge in [-0.1, -0.05) is 12.1 Å². The van der Waals surface area contributed by atoms with Crippen molar-refractivity contribution in [1.29, 1.82) is 0 Å². The van der Waals surface area contributed by atoms with Crippen molar-refractivity contribution in [3.05, 3.63) is 46.4 Å². The first-order valence-electron chi connectivity index (χ1n) is 6.68. The third-order valence-electron chi connectivity index (χ3n) is 3.15. The summed E-state index contributed by atoms with van der Waals surface area (Å²) in [7, 11) is -3.71. The molecular formula is C14H17N3O3S2. The van der Waals surface area contributed by atoms with Crippen molar-refractivity contribution < 1.29 is 13.2 Å². The fourth-order valence-electron chi connectivity index (χ4n) is 1.95. The monoisotopic (exact) mass is 339 g/mol. The molecule has 0 spiro atoms. The number of benzene rings is 1. The molecule has 0 unspecified atom stereocenters. The fraction of sp³-hybridized carbons (Fsp3) is 0.286. The van der Waals surface area contributed by atoms with Gasteiger partial charge in [-0.2, -0.15) is 0 Å². The third-order valence-corrected chi connectivity index (χ3v) is 4.84. The highest BCUT2D eigenvalue weighted by Gasteiger charge is 2.14. The first-order chi connectivity index (χ1) is 10.4. The Morgan fingerprint density at radius 1 is 1.32 bits per heavy atom. The normalized spacial score (nSPS) is 11.4. The van der Waals surface area contributed by atoms with Crippen LogP contribution in [0.15, 0.2) is 40.7 Å². The number of carbonyl (C=O) groups excluding carboxylic acids is 1. The van der Waals surface area contributed by atoms with Gasteiger partial charge in [0.1, 0.15) is 5.01 Å². The first-order valence-corrected chi connectivity index (χ1v) is 9.10. The lowest BCUT2D eigenvalue weighted by atomic mass is 10.1. The fourth-order valence-corrected chi connectivity index (χ4v) is 3.10. The van der Waals surface area contributed by atoms with E-state index >= 15 is 0 Å². The lowest BCUT2D eigenvalue weighted by Crippen LogP contribution is -2.31. The van der Waals surface area contributed by atoms with E-state index < -0.39 is 10.0 Å². The molecule has 0 fully saturated rings. The van der Waals surface area contributed by atoms with Crippen LogP contribution in [0.1, 0.15) is 17.5 Å². The molecule has 0 saturated carbocycles. The molecule has 1 aromatic heterocycles. The number of nitrogens with zero attached hydrogens (tertiary/aromatic N) is 2. The van der Waals surface area contributed by atoms with Crippen molar-refractivity contribution >= 4 is 27.3 Å². The topological polar surface area (TPSA) is 93.4 Å². The van der Waals surface area contributed by atoms with Crippen LogP contribution in [0.3, 0.4) is 0 Å². The van der Waals surface area contributed by atoms with E-state index in [9.17, 15) is 13.2 Å². The standard InChI is InChI=1S/C14H17N3O3S2/c1-2-17(10-13-16-7-8-21-13)14(18)9-11-3-5-12(6-4-11)22(15,19)20/h3-8H,2,9-10H2,1H3,(H2,15,19,20). The molecule has 0 atom stereocenters. The second kappa shape index (κ2) is 6.99. The van der Waals surface area contributed by atoms with Gasteiger partial charge in [0.25, 0.3) is 0 Å². The zero-order valence-corrected chi connectivity index (χ0v) is 13.7. The molecule has 8 heteroatoms. The summed E-state index contributed by atoms with van der Waals surface area (Å²) in [5.41, 5.74) is 0.745. The van der Waals surface area contributed by atoms with Crippen molar-refractivity contribution in [3.63, 3.8) is 0 Å². The number of nitrogens with two attached hydrogens (primary N) is 1. The molecular weight excluding hydrogens is 322 g/mol. The Morgan fingerprint density at radius 2 is 2.00 bits per heavy atom. The van der Waals surface area contributed by atoms with Gasteiger partial charge in [0.2, 0.25) is 15.9 Å². The minimum absolute atomic E-state index is 0.0268. The second-order valence-electron chi connectivity index (χ2n) is 4.70. The number of sulfonamides is 1. The smallest absolute Gasteiger partial charge is 0.238 e. The Kier molecular flexibility index (Phi) is 5.28. The highest BCUT2D eigenvalue weighted by atomic mass is 32.2. The lowest BCUT2D eigenvalue weighted by molar-refractivity contribution is -0.130. The predicted molar refractivity (Wildman–Crippen MR) is 84.7 cm³/mol. The van der Waals surface area contributed by atoms with Crippen LogP contribution < -0.4 is 5.14 Å². The Bertz CT molecular complexity index is 725. The average Bonchev–Trinajstić information content (AvgIpc) is 2.97. The Morgan fingerprint density at radius 3 is 2.50 bits per heavy atom. The molecule has 1 aromatic carbocycles. The molecule has 2 N–H and O–H groups in total. The van der Waals surface area contributed by atoms with Crippen molar-refractivity contribution in [2.75, 3.05) is 6.54 Å². The summed E-state index contributed by atoms with van der Waals surface area (Å²) in [4.78, 5) is 18.2. The molecule has 2 aromatic rings. The van der Waals surface area contributed by atoms with E-state index in [1.165, 1.54) is 23.5 Å². The van der Waals surface area contributed by atoms with Crippen molar-refractivity contribution in [1.82, 2.24) is 9.88 Å². The second-order valence-corrected chi connectivity index (χ2v) is 7.24. The highest BCUT2D eigenvalue weighted by Crippen LogP contribution is 2.12. The van der Waals surface area contributed by atoms with Crippen LogP contribution in [0.25, 0.3) is 0 Å². The van der Waals surface area contributed by atoms with Gasteiger partial charge in [-0.3, -0.25) is 4.79 Å². The van der Waals surface area contributed by atoms with E-state index in [2.05, 4.69) is 4.98 Å². The SMILES string of the molecule is CCN(Cc1nccs1)C(=O)Cc1ccc(S(N)(=O)=O)cc1. The summed E-state index contributed by atoms with van der Waals surface area (Å²) in [6.45, 7) is 2.99. The molecule has 0 aliphatic carbocycles. The minimum Gasteiger partial charge on any atom is -0.336 e. The maximum absolute atomic E-state index is 12.3. The van der Waals surface area contributed by atoms with Crippen molar-refractivity contribution in [3.8, 4) is 0 Å². The summed E-state index contributed by atoms with van der Waals surface area (Å²) in [6, 6.07) is 6.04. The molecule has 0 saturated heterocycles. The molecule has 1 heterocycles. The zero-order chi connectivity index (χ0) is 16.2. The summed E-state index contributed by atoms with van der Waals surface area (Å²) in [5, 5.41) is 7.81. The molecule has 0 aliphatic rings. The van der Waals surface area contributed by atoms with Gasteiger partial charge in [0.15, 0.2) is 0 Å². The molecule has 0 radical (unpaired) electrons. The zero-order valence-electron chi connectivity index (χ0n) is 12.1. The summed E-state index contributed by atoms with van der Waals surface area (Å²) in [5.74, 6) is -0.0268. The van der Waals surface area contributed by atoms with Crippen LogP contribution in [-0.4, -0.2) is 30.8 Å². The molecule has 22 heavy (non-hydrogen) atoms. The number of thiazole rings is 1. The number of hydrogen-bond acceptors (Lipinski definition) is 5. The minimum atomic E-state index is -3.71. The van der Waals surface area contributed by atoms with Gasteiger partial charge in [0.05, 0.1) is 17.9 Å². The maximum Gasteiger partial charge on any atom is 0.238 e. The number of aromatic nitrogens is 1. The highest BCUT2D eigenvalue weighted by molar-refractivity contribution is 7.89. The summed E-state index contributed by atoms with van der Waals surface area (Å²) < 4.78 is 22.4. The van der Waals surface area contributed by atoms with E-state index in [0.717, 1.165) is 10.6 Å². The van der Waals surface area contributed by atoms with E-state index in [1.807, 2.05) is 12.3 Å². The van der Waals surface area contributed by atoms with Crippen LogP contribution in [0.4, 0.5) is 0 Å². The maximum atomic E-state index is 12.3. The molecule has 6 nitrogen and oxygen atoms in total. The number of hydrogen-bond donors (Lipinski definition) is 1. The predicted octanol–water partition coefficient (Wildman–Crippen LogP) is 1.38. The number of primary sulfonamides is 1. The van der Waals surface area contributed by atoms with Crippen molar-refractivity contribution in [2.45, 2.75) is 24.8 Å². The van der Waals surface area contributed by atoms with Crippen LogP contribution in [-0.2, 0) is 27.8 Å². The van der Waals surface area contributed by atoms with Crippen LogP contribution >= 0.6 is 11.3 Å². The molecule has 2 rings (SSSR count). The molecule has 0 aliphatic heterocycles. The Labute approximate surface area is 133 Å². The molecule has 118 valence electrons. The summed E-state index contributed by atoms with van der Waals surface area (Å²) in [6.07, 6.45) is 1.93. The van der Waals surface area contributed by atoms with Crippen LogP contribution in [0.2, 0.25) is 0 Å². The van der Waals surface area contributed by atoms with Crippen LogP contribution in [0.5, 0.6) is 0 Å². The number of amides is 1. The van der Waals surface area contributed by atoms with Gasteiger partial charge in [-0.15, -0.1) is 11.3 Å². The van der Waals surface area contributed by atoms with Crippen LogP contribution in [0, 0.1) is 0 Å². The van der Waals surface area contributed by atoms with Gasteiger partial charge in [-0.25, -0.2) is 18.5 Å².